The van der Waals surface area contributed by atoms with Gasteiger partial charge in [0.25, 0.3) is 0 Å². The molecule has 5 nitrogen and oxygen atoms in total. The lowest BCUT2D eigenvalue weighted by Crippen LogP contribution is -2.40. The summed E-state index contributed by atoms with van der Waals surface area (Å²) < 4.78 is 0. The number of likely N-dealkylation sites (tertiary alicyclic amines) is 1. The number of carbonyl (C=O) groups is 3. The molecule has 1 N–H and O–H groups in total. The number of nitrogens with zero attached hydrogens (tertiary/aromatic N) is 1. The Morgan fingerprint density at radius 2 is 2.36 bits per heavy atom. The van der Waals surface area contributed by atoms with E-state index in [4.69, 9.17) is 0 Å². The van der Waals surface area contributed by atoms with Crippen LogP contribution in [0.15, 0.2) is 0 Å². The van der Waals surface area contributed by atoms with E-state index in [0.717, 1.165) is 6.42 Å². The van der Waals surface area contributed by atoms with E-state index < -0.39 is 6.04 Å². The summed E-state index contributed by atoms with van der Waals surface area (Å²) in [5.41, 5.74) is 0. The van der Waals surface area contributed by atoms with Gasteiger partial charge in [0.15, 0.2) is 5.78 Å². The zero-order chi connectivity index (χ0) is 10.6. The van der Waals surface area contributed by atoms with Crippen LogP contribution in [0, 0.1) is 0 Å². The maximum Gasteiger partial charge on any atom is 0.219 e. The van der Waals surface area contributed by atoms with Crippen LogP contribution in [0.4, 0.5) is 0 Å². The highest BCUT2D eigenvalue weighted by Crippen LogP contribution is 2.07. The van der Waals surface area contributed by atoms with E-state index in [9.17, 15) is 14.4 Å². The summed E-state index contributed by atoms with van der Waals surface area (Å²) in [6.07, 6.45) is 1.89. The molecule has 0 aromatic carbocycles. The van der Waals surface area contributed by atoms with E-state index in [0.29, 0.717) is 19.4 Å². The van der Waals surface area contributed by atoms with Crippen molar-refractivity contribution in [2.75, 3.05) is 13.1 Å². The molecule has 1 unspecified atom stereocenters. The second kappa shape index (κ2) is 4.74. The Hall–Kier alpha value is -1.39. The third kappa shape index (κ3) is 2.55. The fourth-order valence-corrected chi connectivity index (χ4v) is 1.55. The molecule has 0 aromatic heterocycles. The number of ketones is 1. The summed E-state index contributed by atoms with van der Waals surface area (Å²) in [7, 11) is 0. The van der Waals surface area contributed by atoms with E-state index in [1.54, 1.807) is 0 Å². The number of amides is 2. The zero-order valence-electron chi connectivity index (χ0n) is 8.16. The van der Waals surface area contributed by atoms with Crippen LogP contribution in [0.2, 0.25) is 0 Å². The number of carbonyl (C=O) groups excluding carboxylic acids is 3. The maximum absolute atomic E-state index is 11.5. The van der Waals surface area contributed by atoms with Crippen LogP contribution in [-0.2, 0) is 14.4 Å². The van der Waals surface area contributed by atoms with Gasteiger partial charge in [0, 0.05) is 13.5 Å². The van der Waals surface area contributed by atoms with Gasteiger partial charge in [-0.1, -0.05) is 0 Å². The highest BCUT2D eigenvalue weighted by molar-refractivity contribution is 5.90. The number of nitrogens with one attached hydrogen (secondary N) is 1. The Kier molecular flexibility index (Phi) is 3.62. The number of Topliss-reactive ketones (excluding diaryl/α,β-unsaturated/α-hetero) is 1. The van der Waals surface area contributed by atoms with Crippen LogP contribution < -0.4 is 5.32 Å². The van der Waals surface area contributed by atoms with Crippen LogP contribution in [0.5, 0.6) is 0 Å². The van der Waals surface area contributed by atoms with Crippen molar-refractivity contribution in [3.63, 3.8) is 0 Å². The predicted molar refractivity (Wildman–Crippen MR) is 49.5 cm³/mol. The highest BCUT2D eigenvalue weighted by Gasteiger charge is 2.25. The molecule has 1 aliphatic heterocycles. The van der Waals surface area contributed by atoms with Crippen LogP contribution in [-0.4, -0.2) is 42.1 Å². The molecule has 1 rings (SSSR count). The maximum atomic E-state index is 11.5. The molecule has 0 aliphatic carbocycles. The van der Waals surface area contributed by atoms with Gasteiger partial charge in [0.2, 0.25) is 12.3 Å². The first-order valence-corrected chi connectivity index (χ1v) is 4.63. The van der Waals surface area contributed by atoms with Crippen molar-refractivity contribution in [1.82, 2.24) is 10.2 Å². The first-order chi connectivity index (χ1) is 6.65. The van der Waals surface area contributed by atoms with Crippen LogP contribution in [0.1, 0.15) is 19.8 Å². The Morgan fingerprint density at radius 1 is 1.64 bits per heavy atom. The summed E-state index contributed by atoms with van der Waals surface area (Å²) in [5, 5.41) is 2.47. The fourth-order valence-electron chi connectivity index (χ4n) is 1.55. The van der Waals surface area contributed by atoms with Gasteiger partial charge in [-0.25, -0.2) is 0 Å². The minimum absolute atomic E-state index is 0.0925. The van der Waals surface area contributed by atoms with E-state index in [1.165, 1.54) is 11.8 Å². The average molecular weight is 198 g/mol. The minimum Gasteiger partial charge on any atom is -0.349 e. The molecule has 1 atom stereocenters. The summed E-state index contributed by atoms with van der Waals surface area (Å²) in [6.45, 7) is 2.15. The number of rotatable bonds is 2. The SMILES string of the molecule is CC(=O)N1CCCC(NC=O)C(=O)C1. The molecular formula is C9H14N2O3. The van der Waals surface area contributed by atoms with Crippen LogP contribution >= 0.6 is 0 Å². The molecule has 0 aromatic rings. The molecule has 0 radical (unpaired) electrons. The summed E-state index contributed by atoms with van der Waals surface area (Å²) >= 11 is 0. The number of hydrogen-bond donors (Lipinski definition) is 1. The second-order valence-electron chi connectivity index (χ2n) is 3.39. The van der Waals surface area contributed by atoms with Gasteiger partial charge >= 0.3 is 0 Å². The molecule has 0 saturated carbocycles. The van der Waals surface area contributed by atoms with E-state index in [1.807, 2.05) is 0 Å². The quantitative estimate of drug-likeness (QED) is 0.597. The third-order valence-corrected chi connectivity index (χ3v) is 2.37. The second-order valence-corrected chi connectivity index (χ2v) is 3.39. The topological polar surface area (TPSA) is 66.5 Å². The first kappa shape index (κ1) is 10.7. The fraction of sp³-hybridized carbons (Fsp3) is 0.667. The van der Waals surface area contributed by atoms with Gasteiger partial charge in [-0.05, 0) is 12.8 Å². The standard InChI is InChI=1S/C9H14N2O3/c1-7(13)11-4-2-3-8(10-6-12)9(14)5-11/h6,8H,2-5H2,1H3,(H,10,12). The van der Waals surface area contributed by atoms with Gasteiger partial charge in [0.1, 0.15) is 0 Å². The van der Waals surface area contributed by atoms with Crippen molar-refractivity contribution in [3.8, 4) is 0 Å². The van der Waals surface area contributed by atoms with E-state index in [2.05, 4.69) is 5.32 Å². The lowest BCUT2D eigenvalue weighted by atomic mass is 10.1. The molecule has 1 heterocycles. The lowest BCUT2D eigenvalue weighted by molar-refractivity contribution is -0.133. The Balaban J connectivity index is 2.60. The molecule has 0 spiro atoms. The van der Waals surface area contributed by atoms with Gasteiger partial charge in [-0.15, -0.1) is 0 Å². The smallest absolute Gasteiger partial charge is 0.219 e. The molecule has 2 amide bonds. The largest absolute Gasteiger partial charge is 0.349 e. The van der Waals surface area contributed by atoms with Crippen LogP contribution in [0.25, 0.3) is 0 Å². The van der Waals surface area contributed by atoms with Gasteiger partial charge < -0.3 is 10.2 Å². The lowest BCUT2D eigenvalue weighted by Gasteiger charge is -2.17. The number of hydrogen-bond acceptors (Lipinski definition) is 3. The van der Waals surface area contributed by atoms with Gasteiger partial charge in [-0.2, -0.15) is 0 Å². The zero-order valence-corrected chi connectivity index (χ0v) is 8.16. The van der Waals surface area contributed by atoms with Crippen molar-refractivity contribution >= 4 is 18.1 Å². The summed E-state index contributed by atoms with van der Waals surface area (Å²) in [5.74, 6) is -0.185. The molecule has 78 valence electrons. The normalized spacial score (nSPS) is 22.8. The predicted octanol–water partition coefficient (Wildman–Crippen LogP) is -0.688. The highest BCUT2D eigenvalue weighted by atomic mass is 16.2. The Bertz CT molecular complexity index is 252. The first-order valence-electron chi connectivity index (χ1n) is 4.63. The average Bonchev–Trinajstić information content (AvgIpc) is 2.30. The summed E-state index contributed by atoms with van der Waals surface area (Å²) in [6, 6.07) is -0.420. The van der Waals surface area contributed by atoms with Crippen LogP contribution in [0.3, 0.4) is 0 Å². The third-order valence-electron chi connectivity index (χ3n) is 2.37. The molecular weight excluding hydrogens is 184 g/mol. The Labute approximate surface area is 82.4 Å². The van der Waals surface area contributed by atoms with Crippen molar-refractivity contribution in [3.05, 3.63) is 0 Å². The minimum atomic E-state index is -0.420. The van der Waals surface area contributed by atoms with Crippen molar-refractivity contribution in [2.24, 2.45) is 0 Å². The van der Waals surface area contributed by atoms with Gasteiger partial charge in [0.05, 0.1) is 12.6 Å². The Morgan fingerprint density at radius 3 is 2.93 bits per heavy atom. The van der Waals surface area contributed by atoms with Crippen molar-refractivity contribution in [2.45, 2.75) is 25.8 Å². The van der Waals surface area contributed by atoms with E-state index >= 15 is 0 Å². The molecule has 14 heavy (non-hydrogen) atoms. The summed E-state index contributed by atoms with van der Waals surface area (Å²) in [4.78, 5) is 34.3. The molecule has 1 saturated heterocycles. The van der Waals surface area contributed by atoms with Crippen molar-refractivity contribution < 1.29 is 14.4 Å². The molecule has 5 heteroatoms. The monoisotopic (exact) mass is 198 g/mol. The molecule has 0 bridgehead atoms. The van der Waals surface area contributed by atoms with Gasteiger partial charge in [-0.3, -0.25) is 14.4 Å². The van der Waals surface area contributed by atoms with Crippen molar-refractivity contribution in [1.29, 1.82) is 0 Å². The van der Waals surface area contributed by atoms with E-state index in [-0.39, 0.29) is 18.2 Å². The molecule has 1 aliphatic rings. The molecule has 1 fully saturated rings.